The molecule has 0 radical (unpaired) electrons. The summed E-state index contributed by atoms with van der Waals surface area (Å²) in [5, 5.41) is 7.41. The number of hydrogen-bond acceptors (Lipinski definition) is 3. The van der Waals surface area contributed by atoms with Gasteiger partial charge in [-0.1, -0.05) is 62.7 Å². The normalized spacial score (nSPS) is 11.4. The molecule has 5 nitrogen and oxygen atoms in total. The molecule has 0 fully saturated rings. The van der Waals surface area contributed by atoms with Crippen LogP contribution < -0.4 is 4.74 Å². The van der Waals surface area contributed by atoms with Gasteiger partial charge in [0.2, 0.25) is 0 Å². The van der Waals surface area contributed by atoms with Gasteiger partial charge in [0, 0.05) is 34.5 Å². The molecular weight excluding hydrogens is 748 g/mol. The molecule has 6 heteroatoms. The summed E-state index contributed by atoms with van der Waals surface area (Å²) in [5.41, 5.74) is 11.2. The van der Waals surface area contributed by atoms with Gasteiger partial charge in [0.15, 0.2) is 0 Å². The van der Waals surface area contributed by atoms with Crippen LogP contribution in [0.4, 0.5) is 0 Å². The van der Waals surface area contributed by atoms with E-state index in [1.807, 2.05) is 41.2 Å². The molecule has 0 aliphatic heterocycles. The first kappa shape index (κ1) is 31.5. The maximum atomic E-state index is 6.44. The van der Waals surface area contributed by atoms with Crippen molar-refractivity contribution in [3.63, 3.8) is 0 Å². The van der Waals surface area contributed by atoms with Gasteiger partial charge in [-0.05, 0) is 84.6 Å². The summed E-state index contributed by atoms with van der Waals surface area (Å²) < 4.78 is 10.6. The Labute approximate surface area is 285 Å². The molecule has 7 rings (SSSR count). The van der Waals surface area contributed by atoms with Crippen LogP contribution in [0.5, 0.6) is 11.5 Å². The van der Waals surface area contributed by atoms with E-state index >= 15 is 0 Å². The quantitative estimate of drug-likeness (QED) is 0.151. The number of pyridine rings is 1. The molecule has 232 valence electrons. The molecule has 0 aliphatic rings. The summed E-state index contributed by atoms with van der Waals surface area (Å²) in [7, 11) is 0. The van der Waals surface area contributed by atoms with E-state index in [1.165, 1.54) is 27.9 Å². The summed E-state index contributed by atoms with van der Waals surface area (Å²) in [6, 6.07) is 36.3. The number of nitrogens with zero attached hydrogens (tertiary/aromatic N) is 4. The van der Waals surface area contributed by atoms with Gasteiger partial charge in [0.25, 0.3) is 0 Å². The fourth-order valence-electron chi connectivity index (χ4n) is 6.17. The van der Waals surface area contributed by atoms with Crippen LogP contribution in [0.3, 0.4) is 0 Å². The van der Waals surface area contributed by atoms with Gasteiger partial charge in [0.1, 0.15) is 5.82 Å². The molecule has 0 N–H and O–H groups in total. The molecule has 0 amide bonds. The molecule has 0 atom stereocenters. The summed E-state index contributed by atoms with van der Waals surface area (Å²) >= 11 is 0. The van der Waals surface area contributed by atoms with E-state index < -0.39 is 0 Å². The SMILES string of the molecule is CCc1c(-c2ccc(C)c(C)c2)c(C(C)C)nn1-c1[c-]c(Oc2[c-]c3c(cc2)c2ccccc2n3-c2cc(C)ccn2)ccc1.[Pt+2]. The van der Waals surface area contributed by atoms with Crippen LogP contribution in [-0.2, 0) is 27.5 Å². The van der Waals surface area contributed by atoms with Crippen molar-refractivity contribution in [2.45, 2.75) is 53.9 Å². The number of hydrogen-bond donors (Lipinski definition) is 0. The van der Waals surface area contributed by atoms with Crippen LogP contribution in [0, 0.1) is 32.9 Å². The monoisotopic (exact) mass is 783 g/mol. The van der Waals surface area contributed by atoms with Crippen LogP contribution in [0.2, 0.25) is 0 Å². The first-order chi connectivity index (χ1) is 21.8. The maximum Gasteiger partial charge on any atom is 2.00 e. The van der Waals surface area contributed by atoms with Crippen LogP contribution in [0.25, 0.3) is 44.4 Å². The van der Waals surface area contributed by atoms with Crippen LogP contribution in [-0.4, -0.2) is 19.3 Å². The largest absolute Gasteiger partial charge is 2.00 e. The minimum absolute atomic E-state index is 0. The van der Waals surface area contributed by atoms with Crippen molar-refractivity contribution < 1.29 is 25.8 Å². The molecule has 0 saturated heterocycles. The van der Waals surface area contributed by atoms with E-state index in [9.17, 15) is 0 Å². The molecule has 7 aromatic rings. The number of benzene rings is 4. The third-order valence-corrected chi connectivity index (χ3v) is 8.57. The van der Waals surface area contributed by atoms with Crippen molar-refractivity contribution in [3.05, 3.63) is 131 Å². The smallest absolute Gasteiger partial charge is 0.509 e. The van der Waals surface area contributed by atoms with E-state index in [0.717, 1.165) is 51.0 Å². The topological polar surface area (TPSA) is 44.9 Å². The van der Waals surface area contributed by atoms with Gasteiger partial charge >= 0.3 is 21.1 Å². The fourth-order valence-corrected chi connectivity index (χ4v) is 6.17. The number of aromatic nitrogens is 4. The summed E-state index contributed by atoms with van der Waals surface area (Å²) in [5.74, 6) is 2.34. The van der Waals surface area contributed by atoms with Crippen LogP contribution in [0.1, 0.15) is 54.8 Å². The first-order valence-corrected chi connectivity index (χ1v) is 15.6. The molecule has 0 aliphatic carbocycles. The summed E-state index contributed by atoms with van der Waals surface area (Å²) in [6.07, 6.45) is 2.69. The molecular formula is C40H36N4OPt. The van der Waals surface area contributed by atoms with E-state index in [-0.39, 0.29) is 27.0 Å². The van der Waals surface area contributed by atoms with Crippen molar-refractivity contribution in [1.29, 1.82) is 0 Å². The van der Waals surface area contributed by atoms with Crippen molar-refractivity contribution >= 4 is 21.8 Å². The van der Waals surface area contributed by atoms with Gasteiger partial charge in [-0.2, -0.15) is 17.2 Å². The zero-order chi connectivity index (χ0) is 31.2. The van der Waals surface area contributed by atoms with Gasteiger partial charge in [-0.3, -0.25) is 4.68 Å². The van der Waals surface area contributed by atoms with Gasteiger partial charge in [-0.15, -0.1) is 35.7 Å². The van der Waals surface area contributed by atoms with Crippen LogP contribution >= 0.6 is 0 Å². The zero-order valence-electron chi connectivity index (χ0n) is 27.0. The molecule has 0 bridgehead atoms. The maximum absolute atomic E-state index is 6.44. The molecule has 46 heavy (non-hydrogen) atoms. The second-order valence-corrected chi connectivity index (χ2v) is 12.1. The average Bonchev–Trinajstić information content (AvgIpc) is 3.59. The van der Waals surface area contributed by atoms with Gasteiger partial charge < -0.3 is 9.30 Å². The van der Waals surface area contributed by atoms with Crippen molar-refractivity contribution in [1.82, 2.24) is 19.3 Å². The summed E-state index contributed by atoms with van der Waals surface area (Å²) in [4.78, 5) is 4.70. The Morgan fingerprint density at radius 2 is 1.61 bits per heavy atom. The van der Waals surface area contributed by atoms with Gasteiger partial charge in [-0.25, -0.2) is 4.98 Å². The number of aryl methyl sites for hydroxylation is 3. The van der Waals surface area contributed by atoms with Crippen molar-refractivity contribution in [3.8, 4) is 34.1 Å². The van der Waals surface area contributed by atoms with Crippen LogP contribution in [0.15, 0.2) is 91.1 Å². The zero-order valence-corrected chi connectivity index (χ0v) is 29.2. The average molecular weight is 784 g/mol. The summed E-state index contributed by atoms with van der Waals surface area (Å²) in [6.45, 7) is 13.0. The number of fused-ring (bicyclic) bond motifs is 3. The van der Waals surface area contributed by atoms with E-state index in [2.05, 4.69) is 113 Å². The molecule has 4 aromatic carbocycles. The Balaban J connectivity index is 0.00000372. The molecule has 0 unspecified atom stereocenters. The third kappa shape index (κ3) is 5.58. The first-order valence-electron chi connectivity index (χ1n) is 15.6. The second-order valence-electron chi connectivity index (χ2n) is 12.1. The molecule has 0 saturated carbocycles. The standard InChI is InChI=1S/C40H36N4O.Pt/c1-7-35-39(29-16-15-27(5)28(6)22-29)40(25(2)3)42-44(35)30-11-10-12-31(23-30)45-32-17-18-34-33-13-8-9-14-36(33)43(37(34)24-32)38-21-26(4)19-20-41-38;/h8-22,25H,7H2,1-6H3;/q-2;+2. The fraction of sp³-hybridized carbons (Fsp3) is 0.200. The Hall–Kier alpha value is -4.47. The predicted molar refractivity (Wildman–Crippen MR) is 183 cm³/mol. The Bertz CT molecular complexity index is 2210. The number of rotatable bonds is 7. The predicted octanol–water partition coefficient (Wildman–Crippen LogP) is 10.0. The molecule has 0 spiro atoms. The Morgan fingerprint density at radius 1 is 0.804 bits per heavy atom. The Kier molecular flexibility index (Phi) is 8.72. The van der Waals surface area contributed by atoms with E-state index in [1.54, 1.807) is 0 Å². The van der Waals surface area contributed by atoms with E-state index in [4.69, 9.17) is 14.8 Å². The number of para-hydroxylation sites is 1. The third-order valence-electron chi connectivity index (χ3n) is 8.57. The molecule has 3 aromatic heterocycles. The van der Waals surface area contributed by atoms with E-state index in [0.29, 0.717) is 11.5 Å². The van der Waals surface area contributed by atoms with Gasteiger partial charge in [0.05, 0.1) is 5.69 Å². The van der Waals surface area contributed by atoms with Crippen molar-refractivity contribution in [2.75, 3.05) is 0 Å². The number of ether oxygens (including phenoxy) is 1. The minimum atomic E-state index is 0. The second kappa shape index (κ2) is 12.7. The Morgan fingerprint density at radius 3 is 2.37 bits per heavy atom. The van der Waals surface area contributed by atoms with Crippen molar-refractivity contribution in [2.24, 2.45) is 0 Å². The minimum Gasteiger partial charge on any atom is -0.509 e. The molecule has 3 heterocycles.